The Bertz CT molecular complexity index is 1330. The van der Waals surface area contributed by atoms with Gasteiger partial charge in [0.25, 0.3) is 0 Å². The van der Waals surface area contributed by atoms with Gasteiger partial charge in [0, 0.05) is 39.3 Å². The van der Waals surface area contributed by atoms with Crippen LogP contribution < -0.4 is 0 Å². The van der Waals surface area contributed by atoms with Crippen molar-refractivity contribution in [2.75, 3.05) is 39.5 Å². The number of nitrogens with zero attached hydrogens (tertiary/aromatic N) is 3. The lowest BCUT2D eigenvalue weighted by Crippen LogP contribution is -2.54. The first-order valence-electron chi connectivity index (χ1n) is 12.2. The summed E-state index contributed by atoms with van der Waals surface area (Å²) in [6.07, 6.45) is -3.37. The van der Waals surface area contributed by atoms with E-state index in [1.165, 1.54) is 28.6 Å². The molecule has 2 aromatic carbocycles. The summed E-state index contributed by atoms with van der Waals surface area (Å²) in [6.45, 7) is 5.11. The first-order chi connectivity index (χ1) is 17.9. The molecule has 13 heteroatoms. The van der Waals surface area contributed by atoms with Crippen LogP contribution in [-0.4, -0.2) is 74.0 Å². The van der Waals surface area contributed by atoms with Gasteiger partial charge < -0.3 is 9.80 Å². The van der Waals surface area contributed by atoms with Crippen molar-refractivity contribution < 1.29 is 30.8 Å². The number of hydrogen-bond acceptors (Lipinski definition) is 4. The first-order valence-corrected chi connectivity index (χ1v) is 14.8. The number of amides is 1. The summed E-state index contributed by atoms with van der Waals surface area (Å²) < 4.78 is 78.9. The van der Waals surface area contributed by atoms with Crippen LogP contribution >= 0.6 is 23.2 Å². The Morgan fingerprint density at radius 3 is 2.33 bits per heavy atom. The molecule has 0 radical (unpaired) electrons. The molecular weight excluding hydrogens is 581 g/mol. The molecule has 216 valence electrons. The molecular formula is C26H31Cl2F4N3O3S. The molecule has 1 heterocycles. The molecule has 1 amide bonds. The first kappa shape index (κ1) is 31.6. The van der Waals surface area contributed by atoms with Crippen LogP contribution in [0.25, 0.3) is 0 Å². The van der Waals surface area contributed by atoms with Crippen LogP contribution in [0.15, 0.2) is 36.4 Å². The fraction of sp³-hybridized carbons (Fsp3) is 0.500. The highest BCUT2D eigenvalue weighted by molar-refractivity contribution is 7.88. The van der Waals surface area contributed by atoms with Crippen LogP contribution in [0.3, 0.4) is 0 Å². The van der Waals surface area contributed by atoms with E-state index >= 15 is 0 Å². The van der Waals surface area contributed by atoms with E-state index in [1.54, 1.807) is 25.1 Å². The quantitative estimate of drug-likeness (QED) is 0.374. The van der Waals surface area contributed by atoms with E-state index in [4.69, 9.17) is 23.2 Å². The fourth-order valence-corrected chi connectivity index (χ4v) is 6.39. The zero-order valence-corrected chi connectivity index (χ0v) is 24.4. The maximum absolute atomic E-state index is 13.9. The number of hydrogen-bond donors (Lipinski definition) is 0. The van der Waals surface area contributed by atoms with E-state index in [0.29, 0.717) is 49.3 Å². The molecule has 0 spiro atoms. The van der Waals surface area contributed by atoms with Crippen molar-refractivity contribution in [2.45, 2.75) is 44.4 Å². The van der Waals surface area contributed by atoms with Crippen molar-refractivity contribution in [3.63, 3.8) is 0 Å². The fourth-order valence-electron chi connectivity index (χ4n) is 4.96. The lowest BCUT2D eigenvalue weighted by atomic mass is 9.77. The minimum atomic E-state index is -4.87. The smallest absolute Gasteiger partial charge is 0.341 e. The minimum Gasteiger partial charge on any atom is -0.341 e. The molecule has 39 heavy (non-hydrogen) atoms. The molecule has 0 aliphatic carbocycles. The van der Waals surface area contributed by atoms with Crippen LogP contribution in [-0.2, 0) is 33.0 Å². The zero-order chi connectivity index (χ0) is 29.3. The van der Waals surface area contributed by atoms with E-state index in [0.717, 1.165) is 6.07 Å². The highest BCUT2D eigenvalue weighted by Crippen LogP contribution is 2.36. The lowest BCUT2D eigenvalue weighted by Gasteiger charge is -2.40. The van der Waals surface area contributed by atoms with Gasteiger partial charge in [-0.1, -0.05) is 35.3 Å². The van der Waals surface area contributed by atoms with Crippen LogP contribution in [0.2, 0.25) is 10.0 Å². The molecule has 3 rings (SSSR count). The Kier molecular flexibility index (Phi) is 9.64. The van der Waals surface area contributed by atoms with Gasteiger partial charge in [-0.2, -0.15) is 17.5 Å². The average Bonchev–Trinajstić information content (AvgIpc) is 2.83. The molecule has 0 aromatic heterocycles. The summed E-state index contributed by atoms with van der Waals surface area (Å²) >= 11 is 12.4. The maximum Gasteiger partial charge on any atom is 0.419 e. The summed E-state index contributed by atoms with van der Waals surface area (Å²) in [6, 6.07) is 7.28. The standard InChI is InChI=1S/C26H31Cl2F4N3O3S/c1-17-15-34(11-12-35(17)39(4,37)38)10-9-25(2,19-6-7-21(27)22(28)14-19)24(36)33(3)16-18-5-8-23(29)20(13-18)26(30,31)32/h5-8,13-14,17H,9-12,15-16H2,1-4H3/t17-,25?/m1/s1. The number of carbonyl (C=O) groups is 1. The highest BCUT2D eigenvalue weighted by atomic mass is 35.5. The minimum absolute atomic E-state index is 0.127. The average molecular weight is 613 g/mol. The summed E-state index contributed by atoms with van der Waals surface area (Å²) in [4.78, 5) is 17.3. The summed E-state index contributed by atoms with van der Waals surface area (Å²) in [5.41, 5.74) is -1.84. The normalized spacial score (nSPS) is 19.1. The molecule has 1 saturated heterocycles. The topological polar surface area (TPSA) is 60.9 Å². The Balaban J connectivity index is 1.85. The third-order valence-corrected chi connectivity index (χ3v) is 9.27. The van der Waals surface area contributed by atoms with Crippen LogP contribution in [0.1, 0.15) is 37.0 Å². The third-order valence-electron chi connectivity index (χ3n) is 7.14. The highest BCUT2D eigenvalue weighted by Gasteiger charge is 2.40. The second-order valence-corrected chi connectivity index (χ2v) is 13.0. The second kappa shape index (κ2) is 11.9. The Hall–Kier alpha value is -1.92. The van der Waals surface area contributed by atoms with Gasteiger partial charge in [0.1, 0.15) is 5.82 Å². The van der Waals surface area contributed by atoms with Gasteiger partial charge in [-0.25, -0.2) is 12.8 Å². The molecule has 0 bridgehead atoms. The molecule has 0 N–H and O–H groups in total. The van der Waals surface area contributed by atoms with Gasteiger partial charge in [-0.15, -0.1) is 0 Å². The largest absolute Gasteiger partial charge is 0.419 e. The predicted molar refractivity (Wildman–Crippen MR) is 144 cm³/mol. The van der Waals surface area contributed by atoms with E-state index in [2.05, 4.69) is 4.90 Å². The summed E-state index contributed by atoms with van der Waals surface area (Å²) in [7, 11) is -1.86. The number of alkyl halides is 3. The van der Waals surface area contributed by atoms with E-state index in [1.807, 2.05) is 6.92 Å². The van der Waals surface area contributed by atoms with Gasteiger partial charge in [0.2, 0.25) is 15.9 Å². The zero-order valence-electron chi connectivity index (χ0n) is 22.0. The number of benzene rings is 2. The number of halogens is 6. The van der Waals surface area contributed by atoms with Gasteiger partial charge in [0.05, 0.1) is 27.3 Å². The van der Waals surface area contributed by atoms with Gasteiger partial charge in [0.15, 0.2) is 0 Å². The van der Waals surface area contributed by atoms with Crippen molar-refractivity contribution in [3.8, 4) is 0 Å². The van der Waals surface area contributed by atoms with Crippen molar-refractivity contribution >= 4 is 39.1 Å². The summed E-state index contributed by atoms with van der Waals surface area (Å²) in [5, 5.41) is 0.555. The van der Waals surface area contributed by atoms with Crippen molar-refractivity contribution in [1.82, 2.24) is 14.1 Å². The second-order valence-electron chi connectivity index (χ2n) is 10.2. The SMILES string of the molecule is C[C@@H]1CN(CCC(C)(C(=O)N(C)Cc2ccc(F)c(C(F)(F)F)c2)c2ccc(Cl)c(Cl)c2)CCN1S(C)(=O)=O. The van der Waals surface area contributed by atoms with Gasteiger partial charge in [-0.3, -0.25) is 4.79 Å². The molecule has 1 fully saturated rings. The molecule has 0 saturated carbocycles. The molecule has 2 atom stereocenters. The number of carbonyl (C=O) groups excluding carboxylic acids is 1. The summed E-state index contributed by atoms with van der Waals surface area (Å²) in [5.74, 6) is -1.76. The molecule has 1 aliphatic rings. The molecule has 1 aliphatic heterocycles. The Morgan fingerprint density at radius 2 is 1.77 bits per heavy atom. The maximum atomic E-state index is 13.9. The van der Waals surface area contributed by atoms with E-state index < -0.39 is 33.0 Å². The van der Waals surface area contributed by atoms with E-state index in [-0.39, 0.29) is 29.1 Å². The van der Waals surface area contributed by atoms with Gasteiger partial charge >= 0.3 is 6.18 Å². The monoisotopic (exact) mass is 611 g/mol. The number of piperazine rings is 1. The third kappa shape index (κ3) is 7.43. The van der Waals surface area contributed by atoms with Crippen LogP contribution in [0.4, 0.5) is 17.6 Å². The van der Waals surface area contributed by atoms with E-state index in [9.17, 15) is 30.8 Å². The van der Waals surface area contributed by atoms with Crippen LogP contribution in [0, 0.1) is 5.82 Å². The molecule has 2 aromatic rings. The Labute approximate surface area is 236 Å². The van der Waals surface area contributed by atoms with Gasteiger partial charge in [-0.05, 0) is 62.2 Å². The van der Waals surface area contributed by atoms with Crippen LogP contribution in [0.5, 0.6) is 0 Å². The predicted octanol–water partition coefficient (Wildman–Crippen LogP) is 5.42. The lowest BCUT2D eigenvalue weighted by molar-refractivity contribution is -0.140. The molecule has 6 nitrogen and oxygen atoms in total. The Morgan fingerprint density at radius 1 is 1.10 bits per heavy atom. The number of likely N-dealkylation sites (N-methyl/N-ethyl adjacent to an activating group) is 1. The van der Waals surface area contributed by atoms with Crippen molar-refractivity contribution in [1.29, 1.82) is 0 Å². The number of rotatable bonds is 8. The number of sulfonamides is 1. The van der Waals surface area contributed by atoms with Crippen molar-refractivity contribution in [3.05, 3.63) is 69.0 Å². The van der Waals surface area contributed by atoms with Crippen molar-refractivity contribution in [2.24, 2.45) is 0 Å². The molecule has 1 unspecified atom stereocenters.